The van der Waals surface area contributed by atoms with E-state index in [1.165, 1.54) is 0 Å². The van der Waals surface area contributed by atoms with Crippen LogP contribution in [0.4, 0.5) is 0 Å². The van der Waals surface area contributed by atoms with E-state index in [-0.39, 0.29) is 59.1 Å². The summed E-state index contributed by atoms with van der Waals surface area (Å²) in [4.78, 5) is 45.2. The fourth-order valence-corrected chi connectivity index (χ4v) is 2.22. The number of H-pyrrole nitrogens is 1. The molecule has 14 heteroatoms. The second-order valence-electron chi connectivity index (χ2n) is 4.31. The number of ether oxygens (including phenoxy) is 1. The van der Waals surface area contributed by atoms with Gasteiger partial charge in [0, 0.05) is 12.3 Å². The molecule has 0 radical (unpaired) electrons. The van der Waals surface area contributed by atoms with Crippen molar-refractivity contribution in [1.82, 2.24) is 9.55 Å². The predicted octanol–water partition coefficient (Wildman–Crippen LogP) is -9.99. The van der Waals surface area contributed by atoms with Crippen LogP contribution in [0.5, 0.6) is 0 Å². The van der Waals surface area contributed by atoms with Crippen molar-refractivity contribution < 1.29 is 92.9 Å². The molecule has 0 aromatic carbocycles. The van der Waals surface area contributed by atoms with Crippen LogP contribution in [0, 0.1) is 0 Å². The number of aromatic amines is 1. The van der Waals surface area contributed by atoms with Crippen LogP contribution in [0.2, 0.25) is 0 Å². The van der Waals surface area contributed by atoms with Crippen molar-refractivity contribution in [2.75, 3.05) is 6.61 Å². The Balaban J connectivity index is 0.00000242. The molecule has 1 aliphatic rings. The van der Waals surface area contributed by atoms with Crippen molar-refractivity contribution in [2.24, 2.45) is 0 Å². The monoisotopic (exact) mass is 379 g/mol. The van der Waals surface area contributed by atoms with Gasteiger partial charge in [-0.05, 0) is 0 Å². The van der Waals surface area contributed by atoms with E-state index in [1.807, 2.05) is 4.98 Å². The summed E-state index contributed by atoms with van der Waals surface area (Å²) in [7, 11) is -5.26. The van der Waals surface area contributed by atoms with E-state index in [9.17, 15) is 34.2 Å². The zero-order valence-electron chi connectivity index (χ0n) is 12.3. The van der Waals surface area contributed by atoms with E-state index in [2.05, 4.69) is 4.52 Å². The minimum absolute atomic E-state index is 0. The van der Waals surface area contributed by atoms with Crippen molar-refractivity contribution in [1.29, 1.82) is 0 Å². The molecule has 2 heterocycles. The second-order valence-corrected chi connectivity index (χ2v) is 5.46. The van der Waals surface area contributed by atoms with Crippen LogP contribution in [-0.4, -0.2) is 44.7 Å². The van der Waals surface area contributed by atoms with Crippen LogP contribution < -0.4 is 80.2 Å². The first-order chi connectivity index (χ1) is 9.69. The topological polar surface area (TPSA) is 177 Å². The summed E-state index contributed by atoms with van der Waals surface area (Å²) in [6.45, 7) is -0.808. The van der Waals surface area contributed by atoms with Crippen LogP contribution >= 0.6 is 7.82 Å². The van der Waals surface area contributed by atoms with Crippen LogP contribution in [0.3, 0.4) is 0 Å². The molecule has 0 aliphatic carbocycles. The average Bonchev–Trinajstić information content (AvgIpc) is 2.64. The molecular weight excluding hydrogens is 368 g/mol. The summed E-state index contributed by atoms with van der Waals surface area (Å²) in [6, 6.07) is 0.997. The van der Waals surface area contributed by atoms with E-state index in [0.717, 1.165) is 16.8 Å². The zero-order chi connectivity index (χ0) is 15.8. The maximum absolute atomic E-state index is 11.6. The molecule has 0 amide bonds. The largest absolute Gasteiger partial charge is 1.00 e. The third-order valence-electron chi connectivity index (χ3n) is 2.86. The molecule has 0 saturated carbocycles. The van der Waals surface area contributed by atoms with Crippen LogP contribution in [0.1, 0.15) is 6.23 Å². The van der Waals surface area contributed by atoms with Gasteiger partial charge in [-0.15, -0.1) is 0 Å². The van der Waals surface area contributed by atoms with Crippen molar-refractivity contribution in [3.63, 3.8) is 0 Å². The Morgan fingerprint density at radius 3 is 2.43 bits per heavy atom. The summed E-state index contributed by atoms with van der Waals surface area (Å²) in [5.41, 5.74) is -1.55. The molecule has 3 N–H and O–H groups in total. The smallest absolute Gasteiger partial charge is 0.790 e. The molecule has 1 saturated heterocycles. The Bertz CT molecular complexity index is 673. The Kier molecular flexibility index (Phi) is 9.66. The van der Waals surface area contributed by atoms with Gasteiger partial charge in [0.2, 0.25) is 0 Å². The molecule has 2 rings (SSSR count). The third kappa shape index (κ3) is 6.15. The Morgan fingerprint density at radius 2 is 1.91 bits per heavy atom. The molecule has 0 bridgehead atoms. The van der Waals surface area contributed by atoms with Gasteiger partial charge >= 0.3 is 64.8 Å². The number of nitrogens with one attached hydrogen (secondary N) is 1. The molecule has 23 heavy (non-hydrogen) atoms. The number of phosphoric ester groups is 1. The van der Waals surface area contributed by atoms with Gasteiger partial charge in [-0.25, -0.2) is 4.79 Å². The predicted molar refractivity (Wildman–Crippen MR) is 60.8 cm³/mol. The fourth-order valence-electron chi connectivity index (χ4n) is 1.89. The summed E-state index contributed by atoms with van der Waals surface area (Å²) in [5.74, 6) is 0. The summed E-state index contributed by atoms with van der Waals surface area (Å²) >= 11 is 0. The molecule has 1 aromatic rings. The molecule has 1 aromatic heterocycles. The normalized spacial score (nSPS) is 27.1. The number of nitrogens with zero attached hydrogens (tertiary/aromatic N) is 1. The van der Waals surface area contributed by atoms with Gasteiger partial charge in [-0.1, -0.05) is 0 Å². The second kappa shape index (κ2) is 9.39. The van der Waals surface area contributed by atoms with Crippen LogP contribution in [0.15, 0.2) is 21.9 Å². The summed E-state index contributed by atoms with van der Waals surface area (Å²) in [5, 5.41) is 19.5. The van der Waals surface area contributed by atoms with Gasteiger partial charge < -0.3 is 33.8 Å². The molecule has 1 aliphatic heterocycles. The van der Waals surface area contributed by atoms with Crippen molar-refractivity contribution >= 4 is 7.82 Å². The quantitative estimate of drug-likeness (QED) is 0.260. The van der Waals surface area contributed by atoms with Crippen LogP contribution in [-0.2, 0) is 13.8 Å². The van der Waals surface area contributed by atoms with Gasteiger partial charge in [-0.2, -0.15) is 0 Å². The van der Waals surface area contributed by atoms with E-state index in [4.69, 9.17) is 4.74 Å². The number of hydrogen-bond donors (Lipinski definition) is 3. The first-order valence-corrected chi connectivity index (χ1v) is 7.15. The maximum atomic E-state index is 11.6. The van der Waals surface area contributed by atoms with E-state index < -0.39 is 50.2 Å². The van der Waals surface area contributed by atoms with E-state index in [0.29, 0.717) is 0 Å². The summed E-state index contributed by atoms with van der Waals surface area (Å²) < 4.78 is 20.3. The van der Waals surface area contributed by atoms with Gasteiger partial charge in [0.25, 0.3) is 5.56 Å². The van der Waals surface area contributed by atoms with E-state index >= 15 is 0 Å². The minimum Gasteiger partial charge on any atom is -0.790 e. The number of aliphatic hydroxyl groups is 2. The third-order valence-corrected chi connectivity index (χ3v) is 3.32. The Morgan fingerprint density at radius 1 is 1.30 bits per heavy atom. The van der Waals surface area contributed by atoms with E-state index in [1.54, 1.807) is 0 Å². The number of rotatable bonds is 4. The standard InChI is InChI=1S/C9H13N2O9P.2Na/c12-5-1-2-11(9(15)10-5)8-7(14)6(13)4(20-8)3-19-21(16,17)18;;/h1-2,4,6-8,13-14H,3H2,(H,10,12,15)(H2,16,17,18);;/q;2*+1/p-2/t4-,6-,7-,8-;;/m1../s1/i1+1,2+1,3+1,4+1,5+1,6+1,7+1,8+1,9+1,10+1,11+1;;. The number of phosphoric acid groups is 1. The van der Waals surface area contributed by atoms with Gasteiger partial charge in [0.05, 0.1) is 14.4 Å². The zero-order valence-corrected chi connectivity index (χ0v) is 17.2. The van der Waals surface area contributed by atoms with Crippen molar-refractivity contribution in [3.8, 4) is 0 Å². The molecule has 11 nitrogen and oxygen atoms in total. The van der Waals surface area contributed by atoms with Crippen LogP contribution in [0.25, 0.3) is 0 Å². The summed E-state index contributed by atoms with van der Waals surface area (Å²) in [6.07, 6.45) is -4.83. The minimum atomic E-state index is -5.26. The molecule has 0 spiro atoms. The maximum Gasteiger partial charge on any atom is 1.00 e. The fraction of sp³-hybridized carbons (Fsp3) is 0.556. The molecular formula is C9H11N2Na2O9P. The van der Waals surface area contributed by atoms with Gasteiger partial charge in [-0.3, -0.25) is 14.3 Å². The van der Waals surface area contributed by atoms with Gasteiger partial charge in [0.15, 0.2) is 6.23 Å². The average molecular weight is 379 g/mol. The first kappa shape index (κ1) is 23.7. The van der Waals surface area contributed by atoms with Crippen molar-refractivity contribution in [2.45, 2.75) is 24.5 Å². The van der Waals surface area contributed by atoms with Crippen molar-refractivity contribution in [3.05, 3.63) is 33.1 Å². The number of aromatic nitrogens is 2. The number of aliphatic hydroxyl groups excluding tert-OH is 2. The SMILES string of the molecule is O=[13c]1[13cH][13cH][15n]([13C@@H]2O[13C@H]([13CH2]OP(=O)([O-])[O-])[13C@@H](O)[13C@H]2O)[13c](=O)[15nH]1.[Na+].[Na+]. The molecule has 118 valence electrons. The first-order valence-electron chi connectivity index (χ1n) is 5.69. The molecule has 0 unspecified atom stereocenters. The molecule has 4 atom stereocenters. The Labute approximate surface area is 173 Å². The Hall–Kier alpha value is 0.670. The number of hydrogen-bond acceptors (Lipinski definition) is 9. The van der Waals surface area contributed by atoms with Gasteiger partial charge in [0.1, 0.15) is 18.3 Å². The molecule has 1 fully saturated rings.